The van der Waals surface area contributed by atoms with Gasteiger partial charge in [-0.1, -0.05) is 0 Å². The van der Waals surface area contributed by atoms with E-state index in [9.17, 15) is 10.1 Å². The van der Waals surface area contributed by atoms with Gasteiger partial charge in [-0.05, 0) is 32.9 Å². The van der Waals surface area contributed by atoms with Crippen molar-refractivity contribution in [2.24, 2.45) is 0 Å². The summed E-state index contributed by atoms with van der Waals surface area (Å²) in [6.07, 6.45) is 0. The van der Waals surface area contributed by atoms with Gasteiger partial charge in [0.1, 0.15) is 11.6 Å². The van der Waals surface area contributed by atoms with Gasteiger partial charge in [-0.25, -0.2) is 4.98 Å². The van der Waals surface area contributed by atoms with Crippen molar-refractivity contribution >= 4 is 5.78 Å². The summed E-state index contributed by atoms with van der Waals surface area (Å²) >= 11 is 0. The number of nitriles is 1. The molecule has 0 bridgehead atoms. The average molecular weight is 371 g/mol. The summed E-state index contributed by atoms with van der Waals surface area (Å²) < 4.78 is 17.9. The Labute approximate surface area is 159 Å². The second kappa shape index (κ2) is 9.31. The third kappa shape index (κ3) is 4.73. The molecule has 2 rings (SSSR count). The molecule has 0 atom stereocenters. The van der Waals surface area contributed by atoms with Crippen molar-refractivity contribution in [1.29, 1.82) is 5.26 Å². The van der Waals surface area contributed by atoms with E-state index in [2.05, 4.69) is 11.1 Å². The van der Waals surface area contributed by atoms with Crippen LogP contribution >= 0.6 is 0 Å². The van der Waals surface area contributed by atoms with Crippen LogP contribution in [-0.2, 0) is 22.6 Å². The molecule has 0 saturated carbocycles. The summed E-state index contributed by atoms with van der Waals surface area (Å²) in [5.74, 6) is -0.00153. The minimum Gasteiger partial charge on any atom is -0.468 e. The van der Waals surface area contributed by atoms with Crippen LogP contribution in [0.15, 0.2) is 12.1 Å². The molecule has 2 aromatic heterocycles. The molecular weight excluding hydrogens is 346 g/mol. The SMILES string of the molecule is COCCn1c(C)cc(C(=O)COc2nc(C)cc(COC)c2C#N)c1C. The molecule has 0 N–H and O–H groups in total. The lowest BCUT2D eigenvalue weighted by Crippen LogP contribution is -2.15. The standard InChI is InChI=1S/C20H25N3O4/c1-13-8-16(11-26-5)18(10-21)20(22-13)27-12-19(24)17-9-14(2)23(15(17)3)6-7-25-4/h8-9H,6-7,11-12H2,1-5H3. The van der Waals surface area contributed by atoms with Crippen molar-refractivity contribution in [3.05, 3.63) is 45.9 Å². The quantitative estimate of drug-likeness (QED) is 0.630. The lowest BCUT2D eigenvalue weighted by Gasteiger charge is -2.11. The highest BCUT2D eigenvalue weighted by Crippen LogP contribution is 2.22. The maximum atomic E-state index is 12.7. The molecule has 0 radical (unpaired) electrons. The van der Waals surface area contributed by atoms with Gasteiger partial charge in [0.2, 0.25) is 11.7 Å². The van der Waals surface area contributed by atoms with Crippen LogP contribution in [0, 0.1) is 32.1 Å². The number of aryl methyl sites for hydroxylation is 2. The van der Waals surface area contributed by atoms with Crippen LogP contribution in [0.25, 0.3) is 0 Å². The fourth-order valence-electron chi connectivity index (χ4n) is 3.03. The number of aromatic nitrogens is 2. The van der Waals surface area contributed by atoms with Crippen molar-refractivity contribution in [2.75, 3.05) is 27.4 Å². The van der Waals surface area contributed by atoms with Gasteiger partial charge in [0.15, 0.2) is 6.61 Å². The van der Waals surface area contributed by atoms with E-state index in [-0.39, 0.29) is 24.9 Å². The third-order valence-electron chi connectivity index (χ3n) is 4.34. The number of carbonyl (C=O) groups is 1. The van der Waals surface area contributed by atoms with Crippen molar-refractivity contribution in [2.45, 2.75) is 33.9 Å². The van der Waals surface area contributed by atoms with Gasteiger partial charge >= 0.3 is 0 Å². The number of Topliss-reactive ketones (excluding diaryl/α,β-unsaturated/α-hetero) is 1. The number of rotatable bonds is 9. The molecule has 0 aromatic carbocycles. The molecule has 0 unspecified atom stereocenters. The van der Waals surface area contributed by atoms with Gasteiger partial charge < -0.3 is 18.8 Å². The minimum absolute atomic E-state index is 0.158. The van der Waals surface area contributed by atoms with E-state index in [1.165, 1.54) is 0 Å². The summed E-state index contributed by atoms with van der Waals surface area (Å²) in [6, 6.07) is 5.72. The molecule has 7 nitrogen and oxygen atoms in total. The maximum Gasteiger partial charge on any atom is 0.232 e. The first-order valence-corrected chi connectivity index (χ1v) is 8.64. The minimum atomic E-state index is -0.188. The maximum absolute atomic E-state index is 12.7. The Kier molecular flexibility index (Phi) is 7.11. The van der Waals surface area contributed by atoms with E-state index in [1.54, 1.807) is 27.2 Å². The first-order chi connectivity index (χ1) is 12.9. The molecule has 0 aliphatic rings. The normalized spacial score (nSPS) is 10.7. The fourth-order valence-corrected chi connectivity index (χ4v) is 3.03. The zero-order chi connectivity index (χ0) is 20.0. The van der Waals surface area contributed by atoms with Gasteiger partial charge in [-0.3, -0.25) is 4.79 Å². The first kappa shape index (κ1) is 20.6. The number of pyridine rings is 1. The second-order valence-corrected chi connectivity index (χ2v) is 6.29. The van der Waals surface area contributed by atoms with Crippen LogP contribution in [0.1, 0.15) is 38.6 Å². The lowest BCUT2D eigenvalue weighted by atomic mass is 10.1. The zero-order valence-electron chi connectivity index (χ0n) is 16.5. The highest BCUT2D eigenvalue weighted by Gasteiger charge is 2.18. The van der Waals surface area contributed by atoms with Gasteiger partial charge in [0.05, 0.1) is 13.2 Å². The molecular formula is C20H25N3O4. The number of hydrogen-bond acceptors (Lipinski definition) is 6. The molecule has 2 heterocycles. The monoisotopic (exact) mass is 371 g/mol. The van der Waals surface area contributed by atoms with Crippen molar-refractivity contribution < 1.29 is 19.0 Å². The highest BCUT2D eigenvalue weighted by molar-refractivity contribution is 5.98. The van der Waals surface area contributed by atoms with Crippen molar-refractivity contribution in [3.8, 4) is 11.9 Å². The Morgan fingerprint density at radius 1 is 1.22 bits per heavy atom. The van der Waals surface area contributed by atoms with Gasteiger partial charge in [-0.15, -0.1) is 0 Å². The van der Waals surface area contributed by atoms with Crippen LogP contribution in [0.5, 0.6) is 5.88 Å². The van der Waals surface area contributed by atoms with Gasteiger partial charge in [0.25, 0.3) is 0 Å². The van der Waals surface area contributed by atoms with E-state index >= 15 is 0 Å². The first-order valence-electron chi connectivity index (χ1n) is 8.64. The third-order valence-corrected chi connectivity index (χ3v) is 4.34. The van der Waals surface area contributed by atoms with Crippen LogP contribution in [0.2, 0.25) is 0 Å². The van der Waals surface area contributed by atoms with E-state index < -0.39 is 0 Å². The molecule has 0 spiro atoms. The van der Waals surface area contributed by atoms with E-state index in [0.717, 1.165) is 11.4 Å². The van der Waals surface area contributed by atoms with Gasteiger partial charge in [-0.2, -0.15) is 5.26 Å². The summed E-state index contributed by atoms with van der Waals surface area (Å²) in [4.78, 5) is 16.9. The lowest BCUT2D eigenvalue weighted by molar-refractivity contribution is 0.0916. The predicted molar refractivity (Wildman–Crippen MR) is 100 cm³/mol. The zero-order valence-corrected chi connectivity index (χ0v) is 16.5. The molecule has 27 heavy (non-hydrogen) atoms. The van der Waals surface area contributed by atoms with E-state index in [0.29, 0.717) is 35.5 Å². The molecule has 2 aromatic rings. The van der Waals surface area contributed by atoms with Crippen LogP contribution in [0.4, 0.5) is 0 Å². The van der Waals surface area contributed by atoms with Crippen molar-refractivity contribution in [1.82, 2.24) is 9.55 Å². The molecule has 7 heteroatoms. The Bertz CT molecular complexity index is 865. The molecule has 0 amide bonds. The number of hydrogen-bond donors (Lipinski definition) is 0. The number of nitrogens with zero attached hydrogens (tertiary/aromatic N) is 3. The van der Waals surface area contributed by atoms with Crippen molar-refractivity contribution in [3.63, 3.8) is 0 Å². The van der Waals surface area contributed by atoms with Crippen LogP contribution in [-0.4, -0.2) is 42.8 Å². The molecule has 144 valence electrons. The number of methoxy groups -OCH3 is 2. The Morgan fingerprint density at radius 3 is 2.59 bits per heavy atom. The van der Waals surface area contributed by atoms with E-state index in [1.807, 2.05) is 24.5 Å². The molecule has 0 saturated heterocycles. The average Bonchev–Trinajstić information content (AvgIpc) is 2.92. The van der Waals surface area contributed by atoms with Crippen LogP contribution < -0.4 is 4.74 Å². The molecule has 0 fully saturated rings. The molecule has 0 aliphatic heterocycles. The van der Waals surface area contributed by atoms with Gasteiger partial charge in [0, 0.05) is 49.0 Å². The molecule has 0 aliphatic carbocycles. The van der Waals surface area contributed by atoms with E-state index in [4.69, 9.17) is 14.2 Å². The summed E-state index contributed by atoms with van der Waals surface area (Å²) in [6.45, 7) is 7.00. The smallest absolute Gasteiger partial charge is 0.232 e. The number of ether oxygens (including phenoxy) is 3. The second-order valence-electron chi connectivity index (χ2n) is 6.29. The number of carbonyl (C=O) groups excluding carboxylic acids is 1. The Morgan fingerprint density at radius 2 is 1.96 bits per heavy atom. The Hall–Kier alpha value is -2.69. The highest BCUT2D eigenvalue weighted by atomic mass is 16.5. The Balaban J connectivity index is 2.20. The largest absolute Gasteiger partial charge is 0.468 e. The predicted octanol–water partition coefficient (Wildman–Crippen LogP) is 2.73. The summed E-state index contributed by atoms with van der Waals surface area (Å²) in [5.41, 5.74) is 4.14. The van der Waals surface area contributed by atoms with Crippen LogP contribution in [0.3, 0.4) is 0 Å². The summed E-state index contributed by atoms with van der Waals surface area (Å²) in [5, 5.41) is 9.44. The topological polar surface area (TPSA) is 86.4 Å². The summed E-state index contributed by atoms with van der Waals surface area (Å²) in [7, 11) is 3.20. The fraction of sp³-hybridized carbons (Fsp3) is 0.450. The number of ketones is 1.